The third-order valence-electron chi connectivity index (χ3n) is 5.30. The van der Waals surface area contributed by atoms with E-state index in [4.69, 9.17) is 16.3 Å². The second kappa shape index (κ2) is 9.54. The second-order valence-corrected chi connectivity index (χ2v) is 10.5. The molecule has 0 atom stereocenters. The van der Waals surface area contributed by atoms with E-state index in [0.29, 0.717) is 16.8 Å². The summed E-state index contributed by atoms with van der Waals surface area (Å²) >= 11 is 6.32. The van der Waals surface area contributed by atoms with Crippen LogP contribution in [0.3, 0.4) is 0 Å². The summed E-state index contributed by atoms with van der Waals surface area (Å²) in [6.45, 7) is 4.18. The van der Waals surface area contributed by atoms with Crippen LogP contribution in [0.1, 0.15) is 29.5 Å². The first kappa shape index (κ1) is 23.3. The number of methoxy groups -OCH3 is 1. The molecule has 0 unspecified atom stereocenters. The van der Waals surface area contributed by atoms with Gasteiger partial charge in [-0.05, 0) is 67.6 Å². The highest BCUT2D eigenvalue weighted by atomic mass is 35.5. The standard InChI is InChI=1S/C23H26ClN5O3S/c1-14-9-18(10-15(2)21(14)32-3)28-23-25-13-20(24)22(29-23)27-17-6-4-5-16(11-17)12-26-33(30,31)19-7-8-19/h4-6,9-11,13,19,26H,7-8,12H2,1-3H3,(H2,25,27,28,29). The van der Waals surface area contributed by atoms with Gasteiger partial charge in [0.25, 0.3) is 0 Å². The Morgan fingerprint density at radius 2 is 1.82 bits per heavy atom. The van der Waals surface area contributed by atoms with Gasteiger partial charge in [-0.2, -0.15) is 4.98 Å². The van der Waals surface area contributed by atoms with Gasteiger partial charge in [-0.15, -0.1) is 0 Å². The molecule has 8 nitrogen and oxygen atoms in total. The first-order valence-electron chi connectivity index (χ1n) is 10.5. The van der Waals surface area contributed by atoms with E-state index in [1.54, 1.807) is 7.11 Å². The minimum atomic E-state index is -3.24. The monoisotopic (exact) mass is 487 g/mol. The molecule has 2 aromatic carbocycles. The minimum absolute atomic E-state index is 0.231. The molecule has 0 radical (unpaired) electrons. The summed E-state index contributed by atoms with van der Waals surface area (Å²) < 4.78 is 32.2. The molecule has 0 spiro atoms. The second-order valence-electron chi connectivity index (χ2n) is 8.05. The van der Waals surface area contributed by atoms with E-state index in [1.165, 1.54) is 6.20 Å². The molecule has 3 N–H and O–H groups in total. The van der Waals surface area contributed by atoms with Crippen LogP contribution in [-0.2, 0) is 16.6 Å². The molecular formula is C23H26ClN5O3S. The number of hydrogen-bond acceptors (Lipinski definition) is 7. The summed E-state index contributed by atoms with van der Waals surface area (Å²) in [5.74, 6) is 1.67. The number of anilines is 4. The van der Waals surface area contributed by atoms with Crippen molar-refractivity contribution in [2.75, 3.05) is 17.7 Å². The molecule has 0 aliphatic heterocycles. The molecule has 33 heavy (non-hydrogen) atoms. The average molecular weight is 488 g/mol. The van der Waals surface area contributed by atoms with Crippen LogP contribution in [0.5, 0.6) is 5.75 Å². The number of ether oxygens (including phenoxy) is 1. The molecule has 3 aromatic rings. The highest BCUT2D eigenvalue weighted by molar-refractivity contribution is 7.90. The van der Waals surface area contributed by atoms with Gasteiger partial charge in [0.15, 0.2) is 5.82 Å². The largest absolute Gasteiger partial charge is 0.496 e. The maximum absolute atomic E-state index is 12.1. The highest BCUT2D eigenvalue weighted by Crippen LogP contribution is 2.30. The Balaban J connectivity index is 1.48. The molecule has 0 bridgehead atoms. The number of nitrogens with one attached hydrogen (secondary N) is 3. The maximum Gasteiger partial charge on any atom is 0.229 e. The van der Waals surface area contributed by atoms with Gasteiger partial charge < -0.3 is 15.4 Å². The van der Waals surface area contributed by atoms with E-state index in [-0.39, 0.29) is 11.8 Å². The summed E-state index contributed by atoms with van der Waals surface area (Å²) in [5, 5.41) is 6.51. The number of nitrogens with zero attached hydrogens (tertiary/aromatic N) is 2. The molecule has 1 aromatic heterocycles. The highest BCUT2D eigenvalue weighted by Gasteiger charge is 2.35. The van der Waals surface area contributed by atoms with E-state index in [2.05, 4.69) is 25.3 Å². The van der Waals surface area contributed by atoms with Crippen LogP contribution in [0.4, 0.5) is 23.1 Å². The minimum Gasteiger partial charge on any atom is -0.496 e. The lowest BCUT2D eigenvalue weighted by molar-refractivity contribution is 0.408. The Morgan fingerprint density at radius 1 is 1.09 bits per heavy atom. The summed E-state index contributed by atoms with van der Waals surface area (Å²) in [6.07, 6.45) is 2.99. The van der Waals surface area contributed by atoms with Gasteiger partial charge in [-0.1, -0.05) is 23.7 Å². The van der Waals surface area contributed by atoms with Crippen LogP contribution >= 0.6 is 11.6 Å². The molecule has 0 amide bonds. The van der Waals surface area contributed by atoms with Gasteiger partial charge in [0.1, 0.15) is 10.8 Å². The first-order chi connectivity index (χ1) is 15.7. The van der Waals surface area contributed by atoms with Crippen LogP contribution in [0.2, 0.25) is 5.02 Å². The maximum atomic E-state index is 12.1. The van der Waals surface area contributed by atoms with E-state index >= 15 is 0 Å². The number of benzene rings is 2. The van der Waals surface area contributed by atoms with E-state index in [1.807, 2.05) is 50.2 Å². The fourth-order valence-electron chi connectivity index (χ4n) is 3.56. The van der Waals surface area contributed by atoms with Crippen molar-refractivity contribution in [1.29, 1.82) is 0 Å². The molecule has 1 fully saturated rings. The smallest absolute Gasteiger partial charge is 0.229 e. The summed E-state index contributed by atoms with van der Waals surface area (Å²) in [6, 6.07) is 11.4. The van der Waals surface area contributed by atoms with Crippen LogP contribution in [0.25, 0.3) is 0 Å². The predicted molar refractivity (Wildman–Crippen MR) is 131 cm³/mol. The number of aromatic nitrogens is 2. The molecule has 1 aliphatic carbocycles. The Morgan fingerprint density at radius 3 is 2.48 bits per heavy atom. The molecule has 1 saturated carbocycles. The lowest BCUT2D eigenvalue weighted by Crippen LogP contribution is -2.26. The zero-order valence-corrected chi connectivity index (χ0v) is 20.2. The van der Waals surface area contributed by atoms with Crippen molar-refractivity contribution in [3.63, 3.8) is 0 Å². The van der Waals surface area contributed by atoms with Crippen molar-refractivity contribution in [2.24, 2.45) is 0 Å². The van der Waals surface area contributed by atoms with Gasteiger partial charge in [-0.3, -0.25) is 0 Å². The number of hydrogen-bond donors (Lipinski definition) is 3. The summed E-state index contributed by atoms with van der Waals surface area (Å²) in [4.78, 5) is 8.78. The Bertz CT molecular complexity index is 1260. The number of halogens is 1. The van der Waals surface area contributed by atoms with Gasteiger partial charge >= 0.3 is 0 Å². The van der Waals surface area contributed by atoms with E-state index in [9.17, 15) is 8.42 Å². The molecule has 10 heteroatoms. The summed E-state index contributed by atoms with van der Waals surface area (Å²) in [5.41, 5.74) is 4.41. The zero-order valence-electron chi connectivity index (χ0n) is 18.6. The van der Waals surface area contributed by atoms with Crippen LogP contribution in [0.15, 0.2) is 42.6 Å². The normalized spacial score (nSPS) is 13.6. The first-order valence-corrected chi connectivity index (χ1v) is 12.5. The Labute approximate surface area is 198 Å². The van der Waals surface area contributed by atoms with Gasteiger partial charge in [0, 0.05) is 17.9 Å². The summed E-state index contributed by atoms with van der Waals surface area (Å²) in [7, 11) is -1.59. The quantitative estimate of drug-likeness (QED) is 0.397. The van der Waals surface area contributed by atoms with Crippen molar-refractivity contribution < 1.29 is 13.2 Å². The molecule has 0 saturated heterocycles. The van der Waals surface area contributed by atoms with E-state index in [0.717, 1.165) is 46.7 Å². The van der Waals surface area contributed by atoms with Crippen molar-refractivity contribution in [3.05, 3.63) is 64.3 Å². The number of sulfonamides is 1. The fourth-order valence-corrected chi connectivity index (χ4v) is 5.06. The molecule has 174 valence electrons. The van der Waals surface area contributed by atoms with Gasteiger partial charge in [-0.25, -0.2) is 18.1 Å². The van der Waals surface area contributed by atoms with Crippen molar-refractivity contribution in [2.45, 2.75) is 38.5 Å². The fraction of sp³-hybridized carbons (Fsp3) is 0.304. The van der Waals surface area contributed by atoms with Crippen LogP contribution in [-0.4, -0.2) is 30.7 Å². The van der Waals surface area contributed by atoms with Gasteiger partial charge in [0.05, 0.1) is 18.6 Å². The Kier molecular flexibility index (Phi) is 6.73. The van der Waals surface area contributed by atoms with Crippen LogP contribution < -0.4 is 20.1 Å². The number of rotatable bonds is 9. The van der Waals surface area contributed by atoms with Crippen molar-refractivity contribution in [1.82, 2.24) is 14.7 Å². The zero-order chi connectivity index (χ0) is 23.6. The molecular weight excluding hydrogens is 462 g/mol. The average Bonchev–Trinajstić information content (AvgIpc) is 3.61. The van der Waals surface area contributed by atoms with Crippen molar-refractivity contribution >= 4 is 44.8 Å². The van der Waals surface area contributed by atoms with Crippen molar-refractivity contribution in [3.8, 4) is 5.75 Å². The molecule has 1 aliphatic rings. The Hall–Kier alpha value is -2.88. The lowest BCUT2D eigenvalue weighted by Gasteiger charge is -2.14. The van der Waals surface area contributed by atoms with Gasteiger partial charge in [0.2, 0.25) is 16.0 Å². The SMILES string of the molecule is COc1c(C)cc(Nc2ncc(Cl)c(Nc3cccc(CNS(=O)(=O)C4CC4)c3)n2)cc1C. The third kappa shape index (κ3) is 5.73. The van der Waals surface area contributed by atoms with Crippen LogP contribution in [0, 0.1) is 13.8 Å². The lowest BCUT2D eigenvalue weighted by atomic mass is 10.1. The number of aryl methyl sites for hydroxylation is 2. The molecule has 1 heterocycles. The van der Waals surface area contributed by atoms with E-state index < -0.39 is 10.0 Å². The topological polar surface area (TPSA) is 105 Å². The third-order valence-corrected chi connectivity index (χ3v) is 7.47. The predicted octanol–water partition coefficient (Wildman–Crippen LogP) is 4.82. The molecule has 4 rings (SSSR count).